The Bertz CT molecular complexity index is 706. The molecule has 0 radical (unpaired) electrons. The summed E-state index contributed by atoms with van der Waals surface area (Å²) in [5.41, 5.74) is 2.65. The fourth-order valence-corrected chi connectivity index (χ4v) is 3.74. The van der Waals surface area contributed by atoms with Crippen molar-refractivity contribution < 1.29 is 0 Å². The molecular weight excluding hydrogens is 449 g/mol. The van der Waals surface area contributed by atoms with Crippen molar-refractivity contribution in [3.8, 4) is 0 Å². The fraction of sp³-hybridized carbons (Fsp3) is 0.476. The highest BCUT2D eigenvalue weighted by Gasteiger charge is 2.23. The van der Waals surface area contributed by atoms with Crippen LogP contribution in [-0.2, 0) is 13.6 Å². The van der Waals surface area contributed by atoms with E-state index in [1.54, 1.807) is 0 Å². The summed E-state index contributed by atoms with van der Waals surface area (Å²) in [6.07, 6.45) is 4.68. The van der Waals surface area contributed by atoms with E-state index in [0.29, 0.717) is 6.04 Å². The van der Waals surface area contributed by atoms with Gasteiger partial charge in [0.25, 0.3) is 0 Å². The Morgan fingerprint density at radius 1 is 1.15 bits per heavy atom. The lowest BCUT2D eigenvalue weighted by Crippen LogP contribution is -2.43. The molecule has 148 valence electrons. The molecule has 5 nitrogen and oxygen atoms in total. The van der Waals surface area contributed by atoms with Crippen LogP contribution in [0.2, 0.25) is 0 Å². The summed E-state index contributed by atoms with van der Waals surface area (Å²) >= 11 is 0. The summed E-state index contributed by atoms with van der Waals surface area (Å²) in [4.78, 5) is 9.27. The lowest BCUT2D eigenvalue weighted by molar-refractivity contribution is 0.244. The van der Waals surface area contributed by atoms with Crippen LogP contribution in [0.15, 0.2) is 53.7 Å². The zero-order chi connectivity index (χ0) is 18.4. The first kappa shape index (κ1) is 21.8. The molecule has 0 saturated carbocycles. The Balaban J connectivity index is 0.00000261. The van der Waals surface area contributed by atoms with Crippen molar-refractivity contribution in [3.63, 3.8) is 0 Å². The lowest BCUT2D eigenvalue weighted by atomic mass is 10.1. The van der Waals surface area contributed by atoms with Crippen LogP contribution in [0.4, 0.5) is 0 Å². The third kappa shape index (κ3) is 5.72. The van der Waals surface area contributed by atoms with Crippen molar-refractivity contribution >= 4 is 29.9 Å². The Morgan fingerprint density at radius 3 is 2.44 bits per heavy atom. The summed E-state index contributed by atoms with van der Waals surface area (Å²) in [5, 5.41) is 3.60. The van der Waals surface area contributed by atoms with Gasteiger partial charge in [-0.15, -0.1) is 24.0 Å². The summed E-state index contributed by atoms with van der Waals surface area (Å²) < 4.78 is 2.15. The van der Waals surface area contributed by atoms with E-state index in [1.165, 1.54) is 37.2 Å². The Labute approximate surface area is 180 Å². The molecule has 0 amide bonds. The minimum atomic E-state index is 0. The van der Waals surface area contributed by atoms with Gasteiger partial charge in [-0.2, -0.15) is 0 Å². The normalized spacial score (nSPS) is 16.0. The number of hydrogen-bond acceptors (Lipinski definition) is 2. The number of benzene rings is 1. The molecule has 0 bridgehead atoms. The van der Waals surface area contributed by atoms with Gasteiger partial charge >= 0.3 is 0 Å². The molecule has 1 aliphatic rings. The Hall–Kier alpha value is -1.54. The molecule has 0 spiro atoms. The van der Waals surface area contributed by atoms with Crippen LogP contribution in [-0.4, -0.2) is 54.1 Å². The second-order valence-corrected chi connectivity index (χ2v) is 7.06. The first-order chi connectivity index (χ1) is 12.7. The van der Waals surface area contributed by atoms with Crippen molar-refractivity contribution in [1.82, 2.24) is 19.7 Å². The smallest absolute Gasteiger partial charge is 0.193 e. The zero-order valence-corrected chi connectivity index (χ0v) is 19.0. The van der Waals surface area contributed by atoms with Gasteiger partial charge in [0, 0.05) is 39.6 Å². The number of rotatable bonds is 6. The molecule has 1 unspecified atom stereocenters. The van der Waals surface area contributed by atoms with Crippen molar-refractivity contribution in [1.29, 1.82) is 0 Å². The van der Waals surface area contributed by atoms with Crippen molar-refractivity contribution in [2.75, 3.05) is 33.7 Å². The highest BCUT2D eigenvalue weighted by atomic mass is 127. The standard InChI is InChI=1S/C21H31N5.HI/c1-22-21(25(3)17-19-12-9-13-24(19)2)23-16-20(26-14-7-8-15-26)18-10-5-4-6-11-18;/h4-6,9-13,20H,7-8,14-17H2,1-3H3,(H,22,23);1H. The van der Waals surface area contributed by atoms with E-state index in [2.05, 4.69) is 87.4 Å². The van der Waals surface area contributed by atoms with Gasteiger partial charge in [-0.25, -0.2) is 0 Å². The quantitative estimate of drug-likeness (QED) is 0.390. The second-order valence-electron chi connectivity index (χ2n) is 7.06. The number of nitrogens with one attached hydrogen (secondary N) is 1. The van der Waals surface area contributed by atoms with Gasteiger partial charge in [-0.05, 0) is 43.6 Å². The molecule has 1 aromatic carbocycles. The number of likely N-dealkylation sites (tertiary alicyclic amines) is 1. The van der Waals surface area contributed by atoms with Crippen LogP contribution in [0.1, 0.15) is 30.1 Å². The highest BCUT2D eigenvalue weighted by molar-refractivity contribution is 14.0. The number of halogens is 1. The predicted molar refractivity (Wildman–Crippen MR) is 124 cm³/mol. The van der Waals surface area contributed by atoms with Crippen LogP contribution in [0.3, 0.4) is 0 Å². The Kier molecular flexibility index (Phi) is 8.63. The molecule has 1 saturated heterocycles. The van der Waals surface area contributed by atoms with E-state index >= 15 is 0 Å². The Morgan fingerprint density at radius 2 is 1.85 bits per heavy atom. The summed E-state index contributed by atoms with van der Waals surface area (Å²) in [5.74, 6) is 0.936. The van der Waals surface area contributed by atoms with E-state index in [1.807, 2.05) is 7.05 Å². The van der Waals surface area contributed by atoms with Gasteiger partial charge in [0.1, 0.15) is 0 Å². The first-order valence-electron chi connectivity index (χ1n) is 9.50. The highest BCUT2D eigenvalue weighted by Crippen LogP contribution is 2.24. The monoisotopic (exact) mass is 481 g/mol. The molecule has 1 fully saturated rings. The zero-order valence-electron chi connectivity index (χ0n) is 16.6. The number of nitrogens with zero attached hydrogens (tertiary/aromatic N) is 4. The minimum absolute atomic E-state index is 0. The molecule has 2 heterocycles. The third-order valence-electron chi connectivity index (χ3n) is 5.24. The summed E-state index contributed by atoms with van der Waals surface area (Å²) in [6.45, 7) is 4.06. The van der Waals surface area contributed by atoms with Crippen molar-refractivity contribution in [2.45, 2.75) is 25.4 Å². The van der Waals surface area contributed by atoms with Crippen molar-refractivity contribution in [2.24, 2.45) is 12.0 Å². The van der Waals surface area contributed by atoms with Crippen LogP contribution in [0, 0.1) is 0 Å². The topological polar surface area (TPSA) is 35.8 Å². The largest absolute Gasteiger partial charge is 0.354 e. The third-order valence-corrected chi connectivity index (χ3v) is 5.24. The maximum absolute atomic E-state index is 4.49. The maximum atomic E-state index is 4.49. The van der Waals surface area contributed by atoms with Crippen LogP contribution < -0.4 is 5.32 Å². The molecule has 1 N–H and O–H groups in total. The second kappa shape index (κ2) is 10.7. The fourth-order valence-electron chi connectivity index (χ4n) is 3.74. The maximum Gasteiger partial charge on any atom is 0.193 e. The number of aliphatic imine (C=N–C) groups is 1. The van der Waals surface area contributed by atoms with Gasteiger partial charge < -0.3 is 14.8 Å². The minimum Gasteiger partial charge on any atom is -0.354 e. The molecule has 27 heavy (non-hydrogen) atoms. The van der Waals surface area contributed by atoms with Crippen LogP contribution >= 0.6 is 24.0 Å². The molecule has 1 aromatic heterocycles. The van der Waals surface area contributed by atoms with Gasteiger partial charge in [0.15, 0.2) is 5.96 Å². The van der Waals surface area contributed by atoms with Gasteiger partial charge in [-0.3, -0.25) is 9.89 Å². The van der Waals surface area contributed by atoms with E-state index in [-0.39, 0.29) is 24.0 Å². The number of aryl methyl sites for hydroxylation is 1. The van der Waals surface area contributed by atoms with E-state index < -0.39 is 0 Å². The van der Waals surface area contributed by atoms with Crippen LogP contribution in [0.5, 0.6) is 0 Å². The molecule has 2 aromatic rings. The van der Waals surface area contributed by atoms with Gasteiger partial charge in [0.2, 0.25) is 0 Å². The van der Waals surface area contributed by atoms with Gasteiger partial charge in [-0.1, -0.05) is 30.3 Å². The molecule has 6 heteroatoms. The number of guanidine groups is 1. The van der Waals surface area contributed by atoms with E-state index in [0.717, 1.165) is 19.0 Å². The molecule has 3 rings (SSSR count). The molecule has 0 aliphatic carbocycles. The van der Waals surface area contributed by atoms with E-state index in [4.69, 9.17) is 0 Å². The first-order valence-corrected chi connectivity index (χ1v) is 9.50. The van der Waals surface area contributed by atoms with Crippen molar-refractivity contribution in [3.05, 3.63) is 59.9 Å². The summed E-state index contributed by atoms with van der Waals surface area (Å²) in [7, 11) is 6.03. The molecular formula is C21H32IN5. The predicted octanol–water partition coefficient (Wildman–Crippen LogP) is 3.49. The number of hydrogen-bond donors (Lipinski definition) is 1. The van der Waals surface area contributed by atoms with Crippen LogP contribution in [0.25, 0.3) is 0 Å². The average molecular weight is 481 g/mol. The summed E-state index contributed by atoms with van der Waals surface area (Å²) in [6, 6.07) is 15.5. The molecule has 1 atom stereocenters. The molecule has 1 aliphatic heterocycles. The van der Waals surface area contributed by atoms with E-state index in [9.17, 15) is 0 Å². The van der Waals surface area contributed by atoms with Gasteiger partial charge in [0.05, 0.1) is 12.6 Å². The SMILES string of the molecule is CN=C(NCC(c1ccccc1)N1CCCC1)N(C)Cc1cccn1C.I. The number of aromatic nitrogens is 1. The lowest BCUT2D eigenvalue weighted by Gasteiger charge is -2.30. The average Bonchev–Trinajstić information content (AvgIpc) is 3.32.